The first-order valence-electron chi connectivity index (χ1n) is 11.8. The van der Waals surface area contributed by atoms with Gasteiger partial charge in [0.15, 0.2) is 0 Å². The second-order valence-electron chi connectivity index (χ2n) is 10.9. The topological polar surface area (TPSA) is 66.6 Å². The number of hydrogen-bond donors (Lipinski definition) is 1. The molecule has 3 atom stereocenters. The Kier molecular flexibility index (Phi) is 5.93. The van der Waals surface area contributed by atoms with Gasteiger partial charge in [-0.15, -0.1) is 12.4 Å². The highest BCUT2D eigenvalue weighted by atomic mass is 35.5. The lowest BCUT2D eigenvalue weighted by atomic mass is 9.49. The third-order valence-corrected chi connectivity index (χ3v) is 8.80. The molecule has 0 spiro atoms. The molecule has 4 aliphatic carbocycles. The van der Waals surface area contributed by atoms with Gasteiger partial charge in [0.2, 0.25) is 11.8 Å². The summed E-state index contributed by atoms with van der Waals surface area (Å²) in [4.78, 5) is 31.2. The zero-order valence-corrected chi connectivity index (χ0v) is 18.7. The van der Waals surface area contributed by atoms with Crippen molar-refractivity contribution in [2.75, 3.05) is 19.6 Å². The van der Waals surface area contributed by atoms with E-state index in [-0.39, 0.29) is 35.8 Å². The van der Waals surface area contributed by atoms with Crippen LogP contribution in [0.3, 0.4) is 0 Å². The lowest BCUT2D eigenvalue weighted by molar-refractivity contribution is -0.162. The number of likely N-dealkylation sites (tertiary alicyclic amines) is 2. The molecule has 2 heterocycles. The van der Waals surface area contributed by atoms with E-state index in [9.17, 15) is 9.59 Å². The highest BCUT2D eigenvalue weighted by molar-refractivity contribution is 5.91. The zero-order valence-electron chi connectivity index (χ0n) is 17.9. The quantitative estimate of drug-likeness (QED) is 0.757. The fourth-order valence-electron chi connectivity index (χ4n) is 7.79. The Morgan fingerprint density at radius 1 is 0.966 bits per heavy atom. The number of carbonyl (C=O) groups excluding carboxylic acids is 2. The van der Waals surface area contributed by atoms with Crippen LogP contribution in [0.4, 0.5) is 0 Å². The van der Waals surface area contributed by atoms with Crippen LogP contribution in [0.15, 0.2) is 0 Å². The summed E-state index contributed by atoms with van der Waals surface area (Å²) < 4.78 is 0. The maximum absolute atomic E-state index is 13.8. The van der Waals surface area contributed by atoms with Gasteiger partial charge < -0.3 is 15.5 Å². The van der Waals surface area contributed by atoms with Gasteiger partial charge in [-0.25, -0.2) is 0 Å². The Labute approximate surface area is 181 Å². The van der Waals surface area contributed by atoms with Crippen LogP contribution in [-0.4, -0.2) is 53.3 Å². The number of carbonyl (C=O) groups is 2. The first-order chi connectivity index (χ1) is 13.4. The molecule has 0 aromatic heterocycles. The average molecular weight is 424 g/mol. The number of hydrogen-bond acceptors (Lipinski definition) is 3. The van der Waals surface area contributed by atoms with Gasteiger partial charge in [-0.05, 0) is 94.8 Å². The maximum atomic E-state index is 13.8. The van der Waals surface area contributed by atoms with Gasteiger partial charge in [0.1, 0.15) is 6.04 Å². The van der Waals surface area contributed by atoms with E-state index >= 15 is 0 Å². The number of rotatable bonds is 3. The van der Waals surface area contributed by atoms with Crippen LogP contribution >= 0.6 is 12.4 Å². The monoisotopic (exact) mass is 423 g/mol. The smallest absolute Gasteiger partial charge is 0.245 e. The van der Waals surface area contributed by atoms with Gasteiger partial charge in [0, 0.05) is 25.7 Å². The van der Waals surface area contributed by atoms with E-state index in [0.717, 1.165) is 82.3 Å². The molecule has 2 saturated heterocycles. The highest BCUT2D eigenvalue weighted by Gasteiger charge is 2.57. The molecule has 6 aliphatic rings. The number of halogens is 1. The van der Waals surface area contributed by atoms with Crippen molar-refractivity contribution in [2.24, 2.45) is 34.8 Å². The van der Waals surface area contributed by atoms with Crippen LogP contribution in [0.1, 0.15) is 71.1 Å². The van der Waals surface area contributed by atoms with Crippen molar-refractivity contribution >= 4 is 24.2 Å². The third-order valence-electron chi connectivity index (χ3n) is 8.80. The normalized spacial score (nSPS) is 41.9. The molecule has 0 aromatic carbocycles. The molecule has 2 N–H and O–H groups in total. The minimum Gasteiger partial charge on any atom is -0.341 e. The second kappa shape index (κ2) is 8.03. The molecule has 6 heteroatoms. The minimum atomic E-state index is -0.215. The fraction of sp³-hybridized carbons (Fsp3) is 0.913. The SMILES string of the molecule is CC(N)C1CCCN(C(=O)C2CCCN2C(=O)C23CC4CC(CC(C4)C2)C3)C1.Cl. The molecule has 4 saturated carbocycles. The van der Waals surface area contributed by atoms with Gasteiger partial charge in [-0.1, -0.05) is 0 Å². The fourth-order valence-corrected chi connectivity index (χ4v) is 7.79. The van der Waals surface area contributed by atoms with Crippen LogP contribution < -0.4 is 5.73 Å². The Balaban J connectivity index is 0.00000205. The van der Waals surface area contributed by atoms with Gasteiger partial charge in [-0.2, -0.15) is 0 Å². The molecule has 164 valence electrons. The minimum absolute atomic E-state index is 0. The summed E-state index contributed by atoms with van der Waals surface area (Å²) in [6, 6.07) is -0.0868. The molecule has 0 radical (unpaired) electrons. The lowest BCUT2D eigenvalue weighted by Crippen LogP contribution is -2.58. The molecule has 6 rings (SSSR count). The predicted octanol–water partition coefficient (Wildman–Crippen LogP) is 3.20. The molecule has 5 nitrogen and oxygen atoms in total. The van der Waals surface area contributed by atoms with Gasteiger partial charge >= 0.3 is 0 Å². The molecular weight excluding hydrogens is 386 g/mol. The first-order valence-corrected chi connectivity index (χ1v) is 11.8. The number of nitrogens with two attached hydrogens (primary N) is 1. The first kappa shape index (κ1) is 21.4. The maximum Gasteiger partial charge on any atom is 0.245 e. The van der Waals surface area contributed by atoms with Crippen LogP contribution in [0.25, 0.3) is 0 Å². The van der Waals surface area contributed by atoms with E-state index in [1.54, 1.807) is 0 Å². The molecular formula is C23H38ClN3O2. The van der Waals surface area contributed by atoms with E-state index in [1.165, 1.54) is 19.3 Å². The van der Waals surface area contributed by atoms with Gasteiger partial charge in [-0.3, -0.25) is 9.59 Å². The predicted molar refractivity (Wildman–Crippen MR) is 116 cm³/mol. The highest BCUT2D eigenvalue weighted by Crippen LogP contribution is 2.60. The molecule has 2 aliphatic heterocycles. The summed E-state index contributed by atoms with van der Waals surface area (Å²) in [5, 5.41) is 0. The molecule has 3 unspecified atom stereocenters. The largest absolute Gasteiger partial charge is 0.341 e. The second-order valence-corrected chi connectivity index (χ2v) is 10.9. The molecule has 6 fully saturated rings. The van der Waals surface area contributed by atoms with Crippen molar-refractivity contribution in [1.82, 2.24) is 9.80 Å². The van der Waals surface area contributed by atoms with E-state index in [4.69, 9.17) is 5.73 Å². The van der Waals surface area contributed by atoms with Crippen molar-refractivity contribution in [2.45, 2.75) is 83.2 Å². The van der Waals surface area contributed by atoms with Crippen LogP contribution in [-0.2, 0) is 9.59 Å². The van der Waals surface area contributed by atoms with Crippen molar-refractivity contribution < 1.29 is 9.59 Å². The molecule has 4 bridgehead atoms. The summed E-state index contributed by atoms with van der Waals surface area (Å²) in [6.45, 7) is 4.43. The average Bonchev–Trinajstić information content (AvgIpc) is 3.15. The molecule has 0 aromatic rings. The molecule has 2 amide bonds. The number of nitrogens with zero attached hydrogens (tertiary/aromatic N) is 2. The standard InChI is InChI=1S/C23H37N3O2.ClH/c1-15(24)19-4-2-6-25(14-19)21(27)20-5-3-7-26(20)22(28)23-11-16-8-17(12-23)10-18(9-16)13-23;/h15-20H,2-14,24H2,1H3;1H. The van der Waals surface area contributed by atoms with E-state index in [0.29, 0.717) is 11.8 Å². The number of piperidine rings is 1. The third kappa shape index (κ3) is 3.71. The van der Waals surface area contributed by atoms with E-state index < -0.39 is 0 Å². The van der Waals surface area contributed by atoms with Crippen LogP contribution in [0.2, 0.25) is 0 Å². The molecule has 29 heavy (non-hydrogen) atoms. The van der Waals surface area contributed by atoms with Crippen molar-refractivity contribution in [1.29, 1.82) is 0 Å². The Bertz CT molecular complexity index is 617. The van der Waals surface area contributed by atoms with E-state index in [1.807, 2.05) is 9.80 Å². The van der Waals surface area contributed by atoms with Gasteiger partial charge in [0.25, 0.3) is 0 Å². The van der Waals surface area contributed by atoms with Crippen molar-refractivity contribution in [3.63, 3.8) is 0 Å². The van der Waals surface area contributed by atoms with Crippen LogP contribution in [0.5, 0.6) is 0 Å². The van der Waals surface area contributed by atoms with E-state index in [2.05, 4.69) is 6.92 Å². The van der Waals surface area contributed by atoms with Crippen molar-refractivity contribution in [3.8, 4) is 0 Å². The summed E-state index contributed by atoms with van der Waals surface area (Å²) in [7, 11) is 0. The Morgan fingerprint density at radius 3 is 2.14 bits per heavy atom. The van der Waals surface area contributed by atoms with Crippen LogP contribution in [0, 0.1) is 29.1 Å². The zero-order chi connectivity index (χ0) is 19.5. The summed E-state index contributed by atoms with van der Waals surface area (Å²) in [5.74, 6) is 3.22. The summed E-state index contributed by atoms with van der Waals surface area (Å²) in [5.41, 5.74) is 5.99. The van der Waals surface area contributed by atoms with Gasteiger partial charge in [0.05, 0.1) is 5.41 Å². The lowest BCUT2D eigenvalue weighted by Gasteiger charge is -2.56. The Hall–Kier alpha value is -0.810. The summed E-state index contributed by atoms with van der Waals surface area (Å²) >= 11 is 0. The van der Waals surface area contributed by atoms with Crippen molar-refractivity contribution in [3.05, 3.63) is 0 Å². The Morgan fingerprint density at radius 2 is 1.55 bits per heavy atom. The summed E-state index contributed by atoms with van der Waals surface area (Å²) in [6.07, 6.45) is 11.3. The number of amides is 2.